The van der Waals surface area contributed by atoms with E-state index < -0.39 is 0 Å². The third-order valence-corrected chi connectivity index (χ3v) is 5.21. The Morgan fingerprint density at radius 1 is 0.889 bits per heavy atom. The van der Waals surface area contributed by atoms with Crippen molar-refractivity contribution < 1.29 is 0 Å². The molecule has 1 unspecified atom stereocenters. The molecule has 0 aliphatic carbocycles. The van der Waals surface area contributed by atoms with Crippen LogP contribution in [0.15, 0.2) is 84.9 Å². The minimum Gasteiger partial charge on any atom is -0.355 e. The molecule has 0 aromatic heterocycles. The minimum absolute atomic E-state index is 0.202. The summed E-state index contributed by atoms with van der Waals surface area (Å²) >= 11 is 0. The summed E-state index contributed by atoms with van der Waals surface area (Å²) in [5, 5.41) is 0. The zero-order chi connectivity index (χ0) is 19.2. The minimum atomic E-state index is -0.202. The Balaban J connectivity index is 1.95. The maximum atomic E-state index is 6.70. The van der Waals surface area contributed by atoms with Gasteiger partial charge in [-0.05, 0) is 48.1 Å². The van der Waals surface area contributed by atoms with Crippen molar-refractivity contribution >= 4 is 5.70 Å². The van der Waals surface area contributed by atoms with Crippen molar-refractivity contribution in [3.63, 3.8) is 0 Å². The molecule has 0 amide bonds. The largest absolute Gasteiger partial charge is 0.355 e. The quantitative estimate of drug-likeness (QED) is 0.593. The standard InChI is InChI=1S/C25H28N2/c1-19-11-10-16-23(20(19)2)25(26)27(3)24(22-14-8-5-9-15-22)18-17-21-12-6-4-7-13-21/h4-16,18,25H,17,26H2,1-3H3/b24-18-. The van der Waals surface area contributed by atoms with E-state index >= 15 is 0 Å². The van der Waals surface area contributed by atoms with E-state index in [0.29, 0.717) is 0 Å². The number of nitrogens with zero attached hydrogens (tertiary/aromatic N) is 1. The van der Waals surface area contributed by atoms with Crippen molar-refractivity contribution in [1.29, 1.82) is 0 Å². The Hall–Kier alpha value is -2.84. The lowest BCUT2D eigenvalue weighted by Crippen LogP contribution is -2.30. The Morgan fingerprint density at radius 3 is 2.19 bits per heavy atom. The molecule has 0 saturated heterocycles. The highest BCUT2D eigenvalue weighted by Gasteiger charge is 2.18. The van der Waals surface area contributed by atoms with Gasteiger partial charge in [0, 0.05) is 12.7 Å². The second kappa shape index (κ2) is 8.70. The Bertz CT molecular complexity index is 898. The van der Waals surface area contributed by atoms with Crippen molar-refractivity contribution in [2.75, 3.05) is 7.05 Å². The molecule has 0 spiro atoms. The summed E-state index contributed by atoms with van der Waals surface area (Å²) in [7, 11) is 2.08. The van der Waals surface area contributed by atoms with Crippen LogP contribution in [-0.4, -0.2) is 11.9 Å². The van der Waals surface area contributed by atoms with Crippen LogP contribution in [-0.2, 0) is 6.42 Å². The first kappa shape index (κ1) is 18.9. The van der Waals surface area contributed by atoms with Gasteiger partial charge in [-0.2, -0.15) is 0 Å². The van der Waals surface area contributed by atoms with E-state index in [0.717, 1.165) is 12.1 Å². The van der Waals surface area contributed by atoms with Crippen LogP contribution in [0.25, 0.3) is 5.70 Å². The van der Waals surface area contributed by atoms with Crippen molar-refractivity contribution in [2.45, 2.75) is 26.4 Å². The van der Waals surface area contributed by atoms with Gasteiger partial charge in [-0.15, -0.1) is 0 Å². The fourth-order valence-corrected chi connectivity index (χ4v) is 3.36. The molecule has 3 rings (SSSR count). The SMILES string of the molecule is Cc1cccc(C(N)N(C)/C(=C\Cc2ccccc2)c2ccccc2)c1C. The zero-order valence-electron chi connectivity index (χ0n) is 16.4. The summed E-state index contributed by atoms with van der Waals surface area (Å²) < 4.78 is 0. The van der Waals surface area contributed by atoms with Gasteiger partial charge in [0.05, 0.1) is 0 Å². The number of nitrogens with two attached hydrogens (primary N) is 1. The molecule has 27 heavy (non-hydrogen) atoms. The van der Waals surface area contributed by atoms with Gasteiger partial charge in [-0.25, -0.2) is 0 Å². The fraction of sp³-hybridized carbons (Fsp3) is 0.200. The highest BCUT2D eigenvalue weighted by Crippen LogP contribution is 2.28. The predicted octanol–water partition coefficient (Wildman–Crippen LogP) is 5.48. The summed E-state index contributed by atoms with van der Waals surface area (Å²) in [6.07, 6.45) is 2.94. The van der Waals surface area contributed by atoms with E-state index in [2.05, 4.69) is 98.6 Å². The van der Waals surface area contributed by atoms with Crippen molar-refractivity contribution in [1.82, 2.24) is 4.90 Å². The van der Waals surface area contributed by atoms with Gasteiger partial charge in [0.15, 0.2) is 0 Å². The highest BCUT2D eigenvalue weighted by atomic mass is 15.2. The maximum absolute atomic E-state index is 6.70. The predicted molar refractivity (Wildman–Crippen MR) is 115 cm³/mol. The van der Waals surface area contributed by atoms with Crippen LogP contribution in [0.4, 0.5) is 0 Å². The summed E-state index contributed by atoms with van der Waals surface area (Å²) in [6, 6.07) is 27.3. The molecule has 2 N–H and O–H groups in total. The van der Waals surface area contributed by atoms with Crippen LogP contribution >= 0.6 is 0 Å². The monoisotopic (exact) mass is 356 g/mol. The molecule has 2 nitrogen and oxygen atoms in total. The summed E-state index contributed by atoms with van der Waals surface area (Å²) in [4.78, 5) is 2.18. The lowest BCUT2D eigenvalue weighted by atomic mass is 9.99. The summed E-state index contributed by atoms with van der Waals surface area (Å²) in [6.45, 7) is 4.28. The molecule has 0 saturated carbocycles. The molecule has 0 heterocycles. The third-order valence-electron chi connectivity index (χ3n) is 5.21. The Morgan fingerprint density at radius 2 is 1.52 bits per heavy atom. The molecule has 138 valence electrons. The topological polar surface area (TPSA) is 29.3 Å². The van der Waals surface area contributed by atoms with Crippen molar-refractivity contribution in [3.8, 4) is 0 Å². The van der Waals surface area contributed by atoms with E-state index in [-0.39, 0.29) is 6.17 Å². The second-order valence-corrected chi connectivity index (χ2v) is 6.99. The first-order valence-corrected chi connectivity index (χ1v) is 9.42. The second-order valence-electron chi connectivity index (χ2n) is 6.99. The molecular weight excluding hydrogens is 328 g/mol. The van der Waals surface area contributed by atoms with Crippen LogP contribution in [0.3, 0.4) is 0 Å². The first-order chi connectivity index (χ1) is 13.1. The average molecular weight is 357 g/mol. The lowest BCUT2D eigenvalue weighted by molar-refractivity contribution is 0.363. The van der Waals surface area contributed by atoms with Crippen LogP contribution in [0.5, 0.6) is 0 Å². The Labute approximate surface area is 163 Å². The molecule has 2 heteroatoms. The van der Waals surface area contributed by atoms with Crippen LogP contribution in [0.1, 0.15) is 34.0 Å². The molecule has 0 fully saturated rings. The normalized spacial score (nSPS) is 12.7. The van der Waals surface area contributed by atoms with E-state index in [1.165, 1.54) is 27.8 Å². The summed E-state index contributed by atoms with van der Waals surface area (Å²) in [5.74, 6) is 0. The van der Waals surface area contributed by atoms with Crippen molar-refractivity contribution in [2.24, 2.45) is 5.73 Å². The van der Waals surface area contributed by atoms with Gasteiger partial charge in [0.25, 0.3) is 0 Å². The van der Waals surface area contributed by atoms with Gasteiger partial charge in [-0.1, -0.05) is 84.9 Å². The zero-order valence-corrected chi connectivity index (χ0v) is 16.4. The van der Waals surface area contributed by atoms with Gasteiger partial charge >= 0.3 is 0 Å². The van der Waals surface area contributed by atoms with E-state index in [4.69, 9.17) is 5.73 Å². The van der Waals surface area contributed by atoms with Gasteiger partial charge in [-0.3, -0.25) is 0 Å². The van der Waals surface area contributed by atoms with Crippen LogP contribution in [0.2, 0.25) is 0 Å². The van der Waals surface area contributed by atoms with Gasteiger partial charge in [0.2, 0.25) is 0 Å². The molecule has 0 bridgehead atoms. The molecule has 3 aromatic rings. The van der Waals surface area contributed by atoms with Crippen LogP contribution in [0, 0.1) is 13.8 Å². The molecular formula is C25H28N2. The number of aryl methyl sites for hydroxylation is 1. The number of hydrogen-bond donors (Lipinski definition) is 1. The number of hydrogen-bond acceptors (Lipinski definition) is 2. The number of rotatable bonds is 6. The molecule has 0 aliphatic rings. The van der Waals surface area contributed by atoms with E-state index in [9.17, 15) is 0 Å². The molecule has 0 aliphatic heterocycles. The third kappa shape index (κ3) is 4.47. The smallest absolute Gasteiger partial charge is 0.103 e. The lowest BCUT2D eigenvalue weighted by Gasteiger charge is -2.31. The van der Waals surface area contributed by atoms with Crippen molar-refractivity contribution in [3.05, 3.63) is 113 Å². The Kier molecular flexibility index (Phi) is 6.10. The number of benzene rings is 3. The average Bonchev–Trinajstić information content (AvgIpc) is 2.71. The fourth-order valence-electron chi connectivity index (χ4n) is 3.36. The highest BCUT2D eigenvalue weighted by molar-refractivity contribution is 5.65. The molecule has 3 aromatic carbocycles. The van der Waals surface area contributed by atoms with Crippen LogP contribution < -0.4 is 5.73 Å². The molecule has 0 radical (unpaired) electrons. The summed E-state index contributed by atoms with van der Waals surface area (Å²) in [5.41, 5.74) is 14.0. The number of allylic oxidation sites excluding steroid dienone is 1. The van der Waals surface area contributed by atoms with E-state index in [1.807, 2.05) is 12.1 Å². The maximum Gasteiger partial charge on any atom is 0.103 e. The molecule has 1 atom stereocenters. The van der Waals surface area contributed by atoms with Gasteiger partial charge in [0.1, 0.15) is 6.17 Å². The first-order valence-electron chi connectivity index (χ1n) is 9.42. The van der Waals surface area contributed by atoms with E-state index in [1.54, 1.807) is 0 Å². The van der Waals surface area contributed by atoms with Gasteiger partial charge < -0.3 is 10.6 Å².